The first-order chi connectivity index (χ1) is 9.77. The van der Waals surface area contributed by atoms with E-state index in [4.69, 9.17) is 4.84 Å². The molecule has 0 aliphatic carbocycles. The topological polar surface area (TPSA) is 55.7 Å². The molecule has 0 saturated heterocycles. The largest absolute Gasteiger partial charge is 0.365 e. The molecule has 0 saturated carbocycles. The number of hydrogen-bond donors (Lipinski definition) is 0. The van der Waals surface area contributed by atoms with Crippen LogP contribution in [0.25, 0.3) is 0 Å². The van der Waals surface area contributed by atoms with E-state index in [2.05, 4.69) is 5.16 Å². The molecule has 4 nitrogen and oxygen atoms in total. The maximum absolute atomic E-state index is 11.7. The van der Waals surface area contributed by atoms with Crippen molar-refractivity contribution in [1.29, 1.82) is 0 Å². The maximum Gasteiger partial charge on any atom is 0.365 e. The summed E-state index contributed by atoms with van der Waals surface area (Å²) in [5, 5.41) is 3.52. The van der Waals surface area contributed by atoms with Crippen LogP contribution in [0.5, 0.6) is 0 Å². The number of hydrogen-bond acceptors (Lipinski definition) is 4. The number of Topliss-reactive ketones (excluding diaryl/α,β-unsaturated/α-hetero) is 1. The lowest BCUT2D eigenvalue weighted by molar-refractivity contribution is 0.0517. The van der Waals surface area contributed by atoms with Gasteiger partial charge < -0.3 is 4.84 Å². The van der Waals surface area contributed by atoms with E-state index in [1.165, 1.54) is 6.21 Å². The lowest BCUT2D eigenvalue weighted by atomic mass is 10.1. The molecule has 0 aromatic heterocycles. The Morgan fingerprint density at radius 3 is 2.05 bits per heavy atom. The molecule has 0 bridgehead atoms. The van der Waals surface area contributed by atoms with Crippen LogP contribution in [0, 0.1) is 0 Å². The zero-order valence-corrected chi connectivity index (χ0v) is 10.7. The van der Waals surface area contributed by atoms with Gasteiger partial charge in [-0.2, -0.15) is 0 Å². The van der Waals surface area contributed by atoms with Crippen molar-refractivity contribution in [3.8, 4) is 0 Å². The zero-order chi connectivity index (χ0) is 14.2. The highest BCUT2D eigenvalue weighted by molar-refractivity contribution is 6.03. The Labute approximate surface area is 116 Å². The molecular formula is C16H13NO3. The Bertz CT molecular complexity index is 551. The minimum absolute atomic E-state index is 0.0786. The molecule has 2 aromatic rings. The number of nitrogens with zero attached hydrogens (tertiary/aromatic N) is 1. The van der Waals surface area contributed by atoms with Gasteiger partial charge in [0.2, 0.25) is 0 Å². The molecule has 0 fully saturated rings. The van der Waals surface area contributed by atoms with Crippen LogP contribution in [-0.2, 0) is 4.84 Å². The van der Waals surface area contributed by atoms with Crippen LogP contribution in [0.1, 0.15) is 27.1 Å². The van der Waals surface area contributed by atoms with Crippen LogP contribution in [0.2, 0.25) is 0 Å². The average Bonchev–Trinajstić information content (AvgIpc) is 2.53. The highest BCUT2D eigenvalue weighted by Gasteiger charge is 2.05. The van der Waals surface area contributed by atoms with Gasteiger partial charge in [-0.3, -0.25) is 4.79 Å². The summed E-state index contributed by atoms with van der Waals surface area (Å²) in [4.78, 5) is 28.0. The molecule has 0 spiro atoms. The molecule has 100 valence electrons. The Hall–Kier alpha value is -2.75. The Kier molecular flexibility index (Phi) is 4.78. The summed E-state index contributed by atoms with van der Waals surface area (Å²) in [5.41, 5.74) is 1.02. The Morgan fingerprint density at radius 1 is 0.900 bits per heavy atom. The lowest BCUT2D eigenvalue weighted by Crippen LogP contribution is -2.02. The van der Waals surface area contributed by atoms with E-state index in [0.717, 1.165) is 0 Å². The third-order valence-corrected chi connectivity index (χ3v) is 2.59. The average molecular weight is 267 g/mol. The highest BCUT2D eigenvalue weighted by Crippen LogP contribution is 2.03. The van der Waals surface area contributed by atoms with Gasteiger partial charge in [0.1, 0.15) is 0 Å². The first kappa shape index (κ1) is 13.7. The van der Waals surface area contributed by atoms with Gasteiger partial charge in [-0.15, -0.1) is 0 Å². The fraction of sp³-hybridized carbons (Fsp3) is 0.0625. The van der Waals surface area contributed by atoms with E-state index >= 15 is 0 Å². The van der Waals surface area contributed by atoms with Crippen LogP contribution in [0.3, 0.4) is 0 Å². The second-order valence-corrected chi connectivity index (χ2v) is 4.03. The summed E-state index contributed by atoms with van der Waals surface area (Å²) in [7, 11) is 0. The van der Waals surface area contributed by atoms with Crippen molar-refractivity contribution < 1.29 is 14.4 Å². The van der Waals surface area contributed by atoms with Crippen LogP contribution >= 0.6 is 0 Å². The van der Waals surface area contributed by atoms with E-state index in [1.54, 1.807) is 54.6 Å². The molecule has 0 heterocycles. The third kappa shape index (κ3) is 3.88. The third-order valence-electron chi connectivity index (χ3n) is 2.59. The van der Waals surface area contributed by atoms with Gasteiger partial charge in [-0.25, -0.2) is 4.79 Å². The molecular weight excluding hydrogens is 254 g/mol. The fourth-order valence-corrected chi connectivity index (χ4v) is 1.57. The number of benzene rings is 2. The van der Waals surface area contributed by atoms with Gasteiger partial charge in [-0.05, 0) is 12.1 Å². The molecule has 0 aliphatic heterocycles. The summed E-state index contributed by atoms with van der Waals surface area (Å²) >= 11 is 0. The van der Waals surface area contributed by atoms with Crippen LogP contribution in [-0.4, -0.2) is 18.0 Å². The van der Waals surface area contributed by atoms with Gasteiger partial charge in [0.05, 0.1) is 11.8 Å². The van der Waals surface area contributed by atoms with Gasteiger partial charge >= 0.3 is 5.97 Å². The lowest BCUT2D eigenvalue weighted by Gasteiger charge is -1.97. The van der Waals surface area contributed by atoms with E-state index in [-0.39, 0.29) is 12.2 Å². The molecule has 0 N–H and O–H groups in total. The zero-order valence-electron chi connectivity index (χ0n) is 10.7. The summed E-state index contributed by atoms with van der Waals surface area (Å²) in [6.07, 6.45) is 1.38. The van der Waals surface area contributed by atoms with Crippen LogP contribution < -0.4 is 0 Å². The minimum Gasteiger partial charge on any atom is -0.313 e. The minimum atomic E-state index is -0.547. The van der Waals surface area contributed by atoms with Crippen molar-refractivity contribution in [1.82, 2.24) is 0 Å². The van der Waals surface area contributed by atoms with E-state index in [1.807, 2.05) is 6.07 Å². The Morgan fingerprint density at radius 2 is 1.45 bits per heavy atom. The van der Waals surface area contributed by atoms with Crippen molar-refractivity contribution in [2.45, 2.75) is 6.42 Å². The molecule has 2 aromatic carbocycles. The van der Waals surface area contributed by atoms with Crippen molar-refractivity contribution in [3.05, 3.63) is 71.8 Å². The molecule has 0 amide bonds. The van der Waals surface area contributed by atoms with Crippen LogP contribution in [0.15, 0.2) is 65.8 Å². The maximum atomic E-state index is 11.7. The van der Waals surface area contributed by atoms with Gasteiger partial charge in [-0.1, -0.05) is 53.7 Å². The SMILES string of the molecule is O=C(CC=NOC(=O)c1ccccc1)c1ccccc1. The van der Waals surface area contributed by atoms with E-state index in [0.29, 0.717) is 11.1 Å². The number of rotatable bonds is 5. The summed E-state index contributed by atoms with van der Waals surface area (Å²) < 4.78 is 0. The molecule has 4 heteroatoms. The number of oxime groups is 1. The van der Waals surface area contributed by atoms with Gasteiger partial charge in [0, 0.05) is 12.0 Å². The fourth-order valence-electron chi connectivity index (χ4n) is 1.57. The normalized spacial score (nSPS) is 10.4. The number of ketones is 1. The van der Waals surface area contributed by atoms with E-state index in [9.17, 15) is 9.59 Å². The van der Waals surface area contributed by atoms with E-state index < -0.39 is 5.97 Å². The summed E-state index contributed by atoms with van der Waals surface area (Å²) in [6, 6.07) is 17.4. The molecule has 20 heavy (non-hydrogen) atoms. The quantitative estimate of drug-likeness (QED) is 0.362. The monoisotopic (exact) mass is 267 g/mol. The smallest absolute Gasteiger partial charge is 0.313 e. The second kappa shape index (κ2) is 6.99. The van der Waals surface area contributed by atoms with Crippen LogP contribution in [0.4, 0.5) is 0 Å². The summed E-state index contributed by atoms with van der Waals surface area (Å²) in [5.74, 6) is -0.626. The first-order valence-electron chi connectivity index (χ1n) is 6.14. The van der Waals surface area contributed by atoms with Gasteiger partial charge in [0.25, 0.3) is 0 Å². The number of carbonyl (C=O) groups is 2. The molecule has 0 unspecified atom stereocenters. The molecule has 0 radical (unpaired) electrons. The predicted octanol–water partition coefficient (Wildman–Crippen LogP) is 3.10. The second-order valence-electron chi connectivity index (χ2n) is 4.03. The number of carbonyl (C=O) groups excluding carboxylic acids is 2. The Balaban J connectivity index is 1.83. The standard InChI is InChI=1S/C16H13NO3/c18-15(13-7-3-1-4-8-13)11-12-17-20-16(19)14-9-5-2-6-10-14/h1-10,12H,11H2. The predicted molar refractivity (Wildman–Crippen MR) is 75.7 cm³/mol. The first-order valence-corrected chi connectivity index (χ1v) is 6.14. The molecule has 0 atom stereocenters. The van der Waals surface area contributed by atoms with Crippen molar-refractivity contribution in [3.63, 3.8) is 0 Å². The van der Waals surface area contributed by atoms with Crippen molar-refractivity contribution >= 4 is 18.0 Å². The molecule has 0 aliphatic rings. The highest BCUT2D eigenvalue weighted by atomic mass is 16.7. The van der Waals surface area contributed by atoms with Gasteiger partial charge in [0.15, 0.2) is 5.78 Å². The van der Waals surface area contributed by atoms with Crippen molar-refractivity contribution in [2.75, 3.05) is 0 Å². The molecule has 2 rings (SSSR count). The van der Waals surface area contributed by atoms with Crippen molar-refractivity contribution in [2.24, 2.45) is 5.16 Å². The summed E-state index contributed by atoms with van der Waals surface area (Å²) in [6.45, 7) is 0.